The van der Waals surface area contributed by atoms with E-state index >= 15 is 0 Å². The fraction of sp³-hybridized carbons (Fsp3) is 0.667. The molecule has 0 saturated carbocycles. The number of carbonyl (C=O) groups is 4. The second-order valence-electron chi connectivity index (χ2n) is 10.0. The number of aryl methyl sites for hydroxylation is 1. The Morgan fingerprint density at radius 2 is 1.32 bits per heavy atom. The molecule has 1 N–H and O–H groups in total. The zero-order chi connectivity index (χ0) is 27.5. The average Bonchev–Trinajstić information content (AvgIpc) is 2.85. The summed E-state index contributed by atoms with van der Waals surface area (Å²) in [5.74, 6) is -0.949. The van der Waals surface area contributed by atoms with Crippen LogP contribution in [0, 0.1) is 0 Å². The van der Waals surface area contributed by atoms with Gasteiger partial charge in [-0.3, -0.25) is 19.2 Å². The second-order valence-corrected chi connectivity index (χ2v) is 10.0. The maximum atomic E-state index is 12.6. The fourth-order valence-corrected chi connectivity index (χ4v) is 4.42. The molecule has 1 amide bonds. The number of unbranched alkanes of at least 4 members (excludes halogenated alkanes) is 8. The molecule has 0 saturated heterocycles. The number of rotatable bonds is 20. The number of carbonyl (C=O) groups excluding carboxylic acids is 4. The lowest BCUT2D eigenvalue weighted by Gasteiger charge is -2.34. The highest BCUT2D eigenvalue weighted by molar-refractivity contribution is 5.96. The number of amides is 1. The van der Waals surface area contributed by atoms with Gasteiger partial charge in [0.2, 0.25) is 5.91 Å². The van der Waals surface area contributed by atoms with E-state index in [1.165, 1.54) is 65.7 Å². The summed E-state index contributed by atoms with van der Waals surface area (Å²) in [6.07, 6.45) is 13.0. The fourth-order valence-electron chi connectivity index (χ4n) is 4.42. The minimum absolute atomic E-state index is 0.0154. The first-order valence-corrected chi connectivity index (χ1v) is 13.8. The van der Waals surface area contributed by atoms with Crippen LogP contribution in [0.3, 0.4) is 0 Å². The molecule has 7 nitrogen and oxygen atoms in total. The van der Waals surface area contributed by atoms with E-state index in [9.17, 15) is 19.2 Å². The van der Waals surface area contributed by atoms with Crippen molar-refractivity contribution in [1.82, 2.24) is 5.32 Å². The molecule has 37 heavy (non-hydrogen) atoms. The van der Waals surface area contributed by atoms with Crippen LogP contribution in [0.1, 0.15) is 121 Å². The number of Topliss-reactive ketones (excluding diaryl/α,β-unsaturated/α-hetero) is 1. The Morgan fingerprint density at radius 3 is 1.86 bits per heavy atom. The Bertz CT molecular complexity index is 835. The van der Waals surface area contributed by atoms with Crippen LogP contribution in [0.15, 0.2) is 24.3 Å². The van der Waals surface area contributed by atoms with Gasteiger partial charge in [0, 0.05) is 39.2 Å². The minimum Gasteiger partial charge on any atom is -0.466 e. The largest absolute Gasteiger partial charge is 0.466 e. The molecule has 1 aromatic carbocycles. The summed E-state index contributed by atoms with van der Waals surface area (Å²) >= 11 is 0. The SMILES string of the molecule is CCCCCCCCCCCC(=O)c1ccc(CCC(CCOC(C)=O)(COC(C)=O)NC(C)=O)cc1. The van der Waals surface area contributed by atoms with Crippen LogP contribution >= 0.6 is 0 Å². The van der Waals surface area contributed by atoms with Gasteiger partial charge >= 0.3 is 11.9 Å². The molecule has 0 spiro atoms. The lowest BCUT2D eigenvalue weighted by atomic mass is 9.88. The van der Waals surface area contributed by atoms with Crippen molar-refractivity contribution in [3.05, 3.63) is 35.4 Å². The molecule has 7 heteroatoms. The number of hydrogen-bond donors (Lipinski definition) is 1. The van der Waals surface area contributed by atoms with Gasteiger partial charge in [-0.05, 0) is 24.8 Å². The van der Waals surface area contributed by atoms with Crippen molar-refractivity contribution in [1.29, 1.82) is 0 Å². The molecule has 0 fully saturated rings. The Kier molecular flexibility index (Phi) is 16.2. The maximum absolute atomic E-state index is 12.6. The van der Waals surface area contributed by atoms with Crippen LogP contribution in [-0.2, 0) is 30.3 Å². The molecule has 0 heterocycles. The van der Waals surface area contributed by atoms with Crippen molar-refractivity contribution in [3.8, 4) is 0 Å². The van der Waals surface area contributed by atoms with Crippen molar-refractivity contribution in [3.63, 3.8) is 0 Å². The predicted molar refractivity (Wildman–Crippen MR) is 145 cm³/mol. The zero-order valence-electron chi connectivity index (χ0n) is 23.4. The molecule has 1 rings (SSSR count). The van der Waals surface area contributed by atoms with Gasteiger partial charge in [-0.1, -0.05) is 82.6 Å². The number of nitrogens with one attached hydrogen (secondary N) is 1. The molecule has 0 aliphatic rings. The van der Waals surface area contributed by atoms with Gasteiger partial charge in [0.15, 0.2) is 5.78 Å². The van der Waals surface area contributed by atoms with Crippen LogP contribution < -0.4 is 5.32 Å². The number of ether oxygens (including phenoxy) is 2. The van der Waals surface area contributed by atoms with Gasteiger partial charge in [-0.25, -0.2) is 0 Å². The highest BCUT2D eigenvalue weighted by atomic mass is 16.5. The van der Waals surface area contributed by atoms with E-state index in [0.717, 1.165) is 18.4 Å². The molecule has 1 aromatic rings. The predicted octanol–water partition coefficient (Wildman–Crippen LogP) is 6.11. The first-order chi connectivity index (χ1) is 17.7. The highest BCUT2D eigenvalue weighted by Crippen LogP contribution is 2.21. The van der Waals surface area contributed by atoms with E-state index in [4.69, 9.17) is 9.47 Å². The van der Waals surface area contributed by atoms with Gasteiger partial charge in [0.25, 0.3) is 0 Å². The normalized spacial score (nSPS) is 12.4. The first kappa shape index (κ1) is 32.3. The first-order valence-electron chi connectivity index (χ1n) is 13.8. The van der Waals surface area contributed by atoms with E-state index in [1.807, 2.05) is 24.3 Å². The molecule has 0 bridgehead atoms. The Labute approximate surface area is 223 Å². The molecule has 208 valence electrons. The van der Waals surface area contributed by atoms with Crippen LogP contribution in [-0.4, -0.2) is 42.4 Å². The Morgan fingerprint density at radius 1 is 0.757 bits per heavy atom. The van der Waals surface area contributed by atoms with Crippen LogP contribution in [0.4, 0.5) is 0 Å². The molecule has 1 atom stereocenters. The third-order valence-corrected chi connectivity index (χ3v) is 6.55. The summed E-state index contributed by atoms with van der Waals surface area (Å²) in [6, 6.07) is 7.58. The molecule has 0 aliphatic carbocycles. The maximum Gasteiger partial charge on any atom is 0.302 e. The minimum atomic E-state index is -0.864. The molecule has 1 unspecified atom stereocenters. The van der Waals surface area contributed by atoms with Gasteiger partial charge in [-0.2, -0.15) is 0 Å². The van der Waals surface area contributed by atoms with Crippen molar-refractivity contribution in [2.75, 3.05) is 13.2 Å². The van der Waals surface area contributed by atoms with Gasteiger partial charge in [0.1, 0.15) is 6.61 Å². The lowest BCUT2D eigenvalue weighted by Crippen LogP contribution is -2.52. The summed E-state index contributed by atoms with van der Waals surface area (Å²) in [6.45, 7) is 6.36. The summed E-state index contributed by atoms with van der Waals surface area (Å²) in [4.78, 5) is 47.2. The van der Waals surface area contributed by atoms with Crippen LogP contribution in [0.25, 0.3) is 0 Å². The van der Waals surface area contributed by atoms with E-state index in [1.54, 1.807) is 0 Å². The number of ketones is 1. The van der Waals surface area contributed by atoms with E-state index in [0.29, 0.717) is 31.2 Å². The Balaban J connectivity index is 2.60. The summed E-state index contributed by atoms with van der Waals surface area (Å²) < 4.78 is 10.3. The van der Waals surface area contributed by atoms with Crippen LogP contribution in [0.5, 0.6) is 0 Å². The zero-order valence-corrected chi connectivity index (χ0v) is 23.4. The average molecular weight is 518 g/mol. The third-order valence-electron chi connectivity index (χ3n) is 6.55. The monoisotopic (exact) mass is 517 g/mol. The van der Waals surface area contributed by atoms with Crippen molar-refractivity contribution in [2.45, 2.75) is 117 Å². The van der Waals surface area contributed by atoms with Gasteiger partial charge in [-0.15, -0.1) is 0 Å². The summed E-state index contributed by atoms with van der Waals surface area (Å²) in [7, 11) is 0. The molecular weight excluding hydrogens is 470 g/mol. The summed E-state index contributed by atoms with van der Waals surface area (Å²) in [5.41, 5.74) is 0.855. The van der Waals surface area contributed by atoms with Gasteiger partial charge < -0.3 is 14.8 Å². The van der Waals surface area contributed by atoms with Crippen LogP contribution in [0.2, 0.25) is 0 Å². The molecular formula is C30H47NO6. The van der Waals surface area contributed by atoms with E-state index in [2.05, 4.69) is 12.2 Å². The number of esters is 2. The van der Waals surface area contributed by atoms with Crippen molar-refractivity contribution >= 4 is 23.6 Å². The smallest absolute Gasteiger partial charge is 0.302 e. The molecule has 0 aromatic heterocycles. The standard InChI is InChI=1S/C30H47NO6/c1-5-6-7-8-9-10-11-12-13-14-29(35)28-17-15-27(16-18-28)19-20-30(31-24(2)32,23-37-26(4)34)21-22-36-25(3)33/h15-18H,5-14,19-23H2,1-4H3,(H,31,32). The van der Waals surface area contributed by atoms with E-state index in [-0.39, 0.29) is 24.9 Å². The topological polar surface area (TPSA) is 98.8 Å². The second kappa shape index (κ2) is 18.5. The lowest BCUT2D eigenvalue weighted by molar-refractivity contribution is -0.147. The van der Waals surface area contributed by atoms with Gasteiger partial charge in [0.05, 0.1) is 12.1 Å². The molecule has 0 aliphatic heterocycles. The summed E-state index contributed by atoms with van der Waals surface area (Å²) in [5, 5.41) is 2.91. The molecule has 0 radical (unpaired) electrons. The van der Waals surface area contributed by atoms with E-state index < -0.39 is 17.5 Å². The van der Waals surface area contributed by atoms with Crippen molar-refractivity contribution < 1.29 is 28.7 Å². The van der Waals surface area contributed by atoms with Crippen molar-refractivity contribution in [2.24, 2.45) is 0 Å². The third kappa shape index (κ3) is 15.2. The highest BCUT2D eigenvalue weighted by Gasteiger charge is 2.32. The number of hydrogen-bond acceptors (Lipinski definition) is 6. The number of benzene rings is 1. The Hall–Kier alpha value is -2.70. The quantitative estimate of drug-likeness (QED) is 0.127.